The molecule has 0 amide bonds. The van der Waals surface area contributed by atoms with E-state index in [9.17, 15) is 13.2 Å². The number of nitrogens with zero attached hydrogens (tertiary/aromatic N) is 2. The highest BCUT2D eigenvalue weighted by Crippen LogP contribution is 2.29. The van der Waals surface area contributed by atoms with Crippen molar-refractivity contribution in [3.63, 3.8) is 0 Å². The summed E-state index contributed by atoms with van der Waals surface area (Å²) in [7, 11) is 0. The highest BCUT2D eigenvalue weighted by atomic mass is 32.1. The standard InChI is InChI=1S/C12H11F3N4S2/c1-6-8(21-5-18-6)4-17-11-7(10(16)20)2-3-9(19-11)12(13,14)15/h2-3,5H,4H2,1H3,(H2,16,20)(H,17,19). The molecule has 2 heterocycles. The lowest BCUT2D eigenvalue weighted by Gasteiger charge is -2.13. The number of nitrogens with one attached hydrogen (secondary N) is 1. The Kier molecular flexibility index (Phi) is 4.43. The smallest absolute Gasteiger partial charge is 0.389 e. The largest absolute Gasteiger partial charge is 0.433 e. The van der Waals surface area contributed by atoms with E-state index in [2.05, 4.69) is 15.3 Å². The summed E-state index contributed by atoms with van der Waals surface area (Å²) in [6.07, 6.45) is -4.52. The summed E-state index contributed by atoms with van der Waals surface area (Å²) in [5, 5.41) is 2.84. The van der Waals surface area contributed by atoms with Crippen LogP contribution in [0.15, 0.2) is 17.6 Å². The van der Waals surface area contributed by atoms with Crippen LogP contribution in [-0.2, 0) is 12.7 Å². The molecule has 0 atom stereocenters. The first kappa shape index (κ1) is 15.6. The van der Waals surface area contributed by atoms with Crippen LogP contribution in [0.5, 0.6) is 0 Å². The number of halogens is 3. The minimum Gasteiger partial charge on any atom is -0.389 e. The van der Waals surface area contributed by atoms with Crippen molar-refractivity contribution in [2.75, 3.05) is 5.32 Å². The molecule has 0 aromatic carbocycles. The molecule has 0 aliphatic rings. The number of nitrogens with two attached hydrogens (primary N) is 1. The molecule has 0 saturated heterocycles. The van der Waals surface area contributed by atoms with Crippen LogP contribution in [0, 0.1) is 6.92 Å². The fraction of sp³-hybridized carbons (Fsp3) is 0.250. The summed E-state index contributed by atoms with van der Waals surface area (Å²) in [5.41, 5.74) is 7.28. The number of thiocarbonyl (C=S) groups is 1. The summed E-state index contributed by atoms with van der Waals surface area (Å²) in [6.45, 7) is 2.13. The van der Waals surface area contributed by atoms with Crippen LogP contribution in [0.4, 0.5) is 19.0 Å². The van der Waals surface area contributed by atoms with Gasteiger partial charge in [-0.1, -0.05) is 12.2 Å². The minimum absolute atomic E-state index is 0.0141. The highest BCUT2D eigenvalue weighted by molar-refractivity contribution is 7.80. The lowest BCUT2D eigenvalue weighted by atomic mass is 10.2. The molecule has 0 saturated carbocycles. The van der Waals surface area contributed by atoms with Gasteiger partial charge in [0.05, 0.1) is 23.3 Å². The molecule has 0 radical (unpaired) electrons. The number of anilines is 1. The molecule has 3 N–H and O–H groups in total. The Bertz CT molecular complexity index is 667. The summed E-state index contributed by atoms with van der Waals surface area (Å²) >= 11 is 6.24. The van der Waals surface area contributed by atoms with Gasteiger partial charge in [0.2, 0.25) is 0 Å². The number of pyridine rings is 1. The summed E-state index contributed by atoms with van der Waals surface area (Å²) in [5.74, 6) is 0.0186. The van der Waals surface area contributed by atoms with Gasteiger partial charge < -0.3 is 11.1 Å². The maximum absolute atomic E-state index is 12.7. The number of aromatic nitrogens is 2. The first-order valence-corrected chi connectivity index (χ1v) is 7.08. The van der Waals surface area contributed by atoms with Crippen LogP contribution in [0.1, 0.15) is 21.8 Å². The third-order valence-electron chi connectivity index (χ3n) is 2.71. The van der Waals surface area contributed by atoms with E-state index in [1.54, 1.807) is 5.51 Å². The Morgan fingerprint density at radius 2 is 2.14 bits per heavy atom. The summed E-state index contributed by atoms with van der Waals surface area (Å²) < 4.78 is 38.1. The monoisotopic (exact) mass is 332 g/mol. The topological polar surface area (TPSA) is 63.8 Å². The van der Waals surface area contributed by atoms with Crippen molar-refractivity contribution in [2.24, 2.45) is 5.73 Å². The molecule has 0 bridgehead atoms. The van der Waals surface area contributed by atoms with E-state index in [4.69, 9.17) is 18.0 Å². The Morgan fingerprint density at radius 3 is 2.67 bits per heavy atom. The molecule has 2 aromatic heterocycles. The van der Waals surface area contributed by atoms with Crippen molar-refractivity contribution in [3.8, 4) is 0 Å². The van der Waals surface area contributed by atoms with Crippen molar-refractivity contribution >= 4 is 34.4 Å². The van der Waals surface area contributed by atoms with Gasteiger partial charge in [0.15, 0.2) is 0 Å². The fourth-order valence-electron chi connectivity index (χ4n) is 1.61. The van der Waals surface area contributed by atoms with E-state index in [0.29, 0.717) is 6.54 Å². The predicted molar refractivity (Wildman–Crippen MR) is 79.3 cm³/mol. The van der Waals surface area contributed by atoms with E-state index in [-0.39, 0.29) is 16.4 Å². The Hall–Kier alpha value is -1.74. The molecular weight excluding hydrogens is 321 g/mol. The number of alkyl halides is 3. The van der Waals surface area contributed by atoms with Gasteiger partial charge in [0.1, 0.15) is 16.5 Å². The molecule has 21 heavy (non-hydrogen) atoms. The number of hydrogen-bond donors (Lipinski definition) is 2. The SMILES string of the molecule is Cc1ncsc1CNc1nc(C(F)(F)F)ccc1C(N)=S. The first-order chi connectivity index (χ1) is 9.79. The molecule has 0 spiro atoms. The highest BCUT2D eigenvalue weighted by Gasteiger charge is 2.33. The van der Waals surface area contributed by atoms with E-state index in [1.165, 1.54) is 17.4 Å². The predicted octanol–water partition coefficient (Wildman–Crippen LogP) is 3.11. The third kappa shape index (κ3) is 3.67. The second kappa shape index (κ2) is 5.94. The van der Waals surface area contributed by atoms with Gasteiger partial charge >= 0.3 is 6.18 Å². The zero-order valence-electron chi connectivity index (χ0n) is 10.9. The molecule has 0 aliphatic heterocycles. The van der Waals surface area contributed by atoms with Crippen molar-refractivity contribution in [1.29, 1.82) is 0 Å². The number of rotatable bonds is 4. The molecule has 0 unspecified atom stereocenters. The normalized spacial score (nSPS) is 11.4. The Morgan fingerprint density at radius 1 is 1.43 bits per heavy atom. The van der Waals surface area contributed by atoms with Gasteiger partial charge in [-0.15, -0.1) is 11.3 Å². The minimum atomic E-state index is -4.52. The number of hydrogen-bond acceptors (Lipinski definition) is 5. The van der Waals surface area contributed by atoms with Gasteiger partial charge in [-0.05, 0) is 19.1 Å². The molecule has 9 heteroatoms. The van der Waals surface area contributed by atoms with E-state index < -0.39 is 11.9 Å². The van der Waals surface area contributed by atoms with Gasteiger partial charge in [-0.25, -0.2) is 9.97 Å². The zero-order valence-corrected chi connectivity index (χ0v) is 12.5. The second-order valence-corrected chi connectivity index (χ2v) is 5.55. The zero-order chi connectivity index (χ0) is 15.6. The average molecular weight is 332 g/mol. The van der Waals surface area contributed by atoms with E-state index in [1.807, 2.05) is 6.92 Å². The van der Waals surface area contributed by atoms with E-state index >= 15 is 0 Å². The van der Waals surface area contributed by atoms with Crippen molar-refractivity contribution in [3.05, 3.63) is 39.5 Å². The second-order valence-electron chi connectivity index (χ2n) is 4.17. The molecule has 0 aliphatic carbocycles. The van der Waals surface area contributed by atoms with Crippen LogP contribution >= 0.6 is 23.6 Å². The van der Waals surface area contributed by atoms with Crippen LogP contribution in [0.25, 0.3) is 0 Å². The van der Waals surface area contributed by atoms with Crippen molar-refractivity contribution in [1.82, 2.24) is 9.97 Å². The lowest BCUT2D eigenvalue weighted by molar-refractivity contribution is -0.141. The van der Waals surface area contributed by atoms with Gasteiger partial charge in [-0.2, -0.15) is 13.2 Å². The molecule has 4 nitrogen and oxygen atoms in total. The molecule has 2 aromatic rings. The average Bonchev–Trinajstić information content (AvgIpc) is 2.80. The Balaban J connectivity index is 2.31. The van der Waals surface area contributed by atoms with E-state index in [0.717, 1.165) is 16.6 Å². The maximum atomic E-state index is 12.7. The van der Waals surface area contributed by atoms with Crippen molar-refractivity contribution < 1.29 is 13.2 Å². The lowest BCUT2D eigenvalue weighted by Crippen LogP contribution is -2.17. The Labute approximate surface area is 128 Å². The van der Waals surface area contributed by atoms with Gasteiger partial charge in [0, 0.05) is 4.88 Å². The first-order valence-electron chi connectivity index (χ1n) is 5.80. The molecule has 2 rings (SSSR count). The van der Waals surface area contributed by atoms with Crippen LogP contribution < -0.4 is 11.1 Å². The molecule has 0 fully saturated rings. The summed E-state index contributed by atoms with van der Waals surface area (Å²) in [6, 6.07) is 2.08. The maximum Gasteiger partial charge on any atom is 0.433 e. The fourth-order valence-corrected chi connectivity index (χ4v) is 2.49. The number of thiazole rings is 1. The van der Waals surface area contributed by atoms with Crippen molar-refractivity contribution in [2.45, 2.75) is 19.6 Å². The summed E-state index contributed by atoms with van der Waals surface area (Å²) in [4.78, 5) is 8.54. The number of aryl methyl sites for hydroxylation is 1. The molecule has 112 valence electrons. The quantitative estimate of drug-likeness (QED) is 0.842. The van der Waals surface area contributed by atoms with Crippen LogP contribution in [0.2, 0.25) is 0 Å². The van der Waals surface area contributed by atoms with Gasteiger partial charge in [0.25, 0.3) is 0 Å². The van der Waals surface area contributed by atoms with Crippen LogP contribution in [0.3, 0.4) is 0 Å². The van der Waals surface area contributed by atoms with Gasteiger partial charge in [-0.3, -0.25) is 0 Å². The third-order valence-corrected chi connectivity index (χ3v) is 3.87. The van der Waals surface area contributed by atoms with Crippen LogP contribution in [-0.4, -0.2) is 15.0 Å². The molecular formula is C12H11F3N4S2.